The Bertz CT molecular complexity index is 366. The van der Waals surface area contributed by atoms with Crippen LogP contribution in [0.5, 0.6) is 0 Å². The first kappa shape index (κ1) is 14.6. The van der Waals surface area contributed by atoms with E-state index in [1.165, 1.54) is 44.2 Å². The van der Waals surface area contributed by atoms with Crippen LogP contribution in [0, 0.1) is 5.92 Å². The number of hydrogen-bond acceptors (Lipinski definition) is 2. The molecular weight excluding hydrogens is 234 g/mol. The van der Waals surface area contributed by atoms with E-state index in [1.807, 2.05) is 7.05 Å². The largest absolute Gasteiger partial charge is 0.317 e. The minimum atomic E-state index is 0.560. The van der Waals surface area contributed by atoms with E-state index in [4.69, 9.17) is 5.10 Å². The molecule has 0 spiro atoms. The second-order valence-electron chi connectivity index (χ2n) is 6.03. The fraction of sp³-hybridized carbons (Fsp3) is 0.812. The lowest BCUT2D eigenvalue weighted by Gasteiger charge is -2.23. The first-order valence-corrected chi connectivity index (χ1v) is 7.96. The van der Waals surface area contributed by atoms with Crippen LogP contribution < -0.4 is 5.32 Å². The normalized spacial score (nSPS) is 20.4. The summed E-state index contributed by atoms with van der Waals surface area (Å²) in [6, 6.07) is 3.44. The molecule has 0 aliphatic heterocycles. The van der Waals surface area contributed by atoms with E-state index in [0.29, 0.717) is 18.0 Å². The number of aromatic nitrogens is 2. The van der Waals surface area contributed by atoms with Crippen LogP contribution in [-0.4, -0.2) is 22.9 Å². The van der Waals surface area contributed by atoms with E-state index < -0.39 is 0 Å². The second kappa shape index (κ2) is 7.09. The van der Waals surface area contributed by atoms with Gasteiger partial charge in [-0.3, -0.25) is 4.68 Å². The van der Waals surface area contributed by atoms with Crippen molar-refractivity contribution in [3.8, 4) is 0 Å². The number of hydrogen-bond donors (Lipinski definition) is 1. The van der Waals surface area contributed by atoms with Crippen LogP contribution in [-0.2, 0) is 6.42 Å². The summed E-state index contributed by atoms with van der Waals surface area (Å²) in [4.78, 5) is 0. The van der Waals surface area contributed by atoms with Gasteiger partial charge in [-0.25, -0.2) is 0 Å². The monoisotopic (exact) mass is 263 g/mol. The van der Waals surface area contributed by atoms with Gasteiger partial charge in [-0.05, 0) is 45.2 Å². The summed E-state index contributed by atoms with van der Waals surface area (Å²) in [5.74, 6) is 0.680. The average Bonchev–Trinajstić information content (AvgIpc) is 2.93. The number of nitrogens with zero attached hydrogens (tertiary/aromatic N) is 2. The average molecular weight is 263 g/mol. The van der Waals surface area contributed by atoms with Crippen LogP contribution in [0.2, 0.25) is 0 Å². The molecule has 0 bridgehead atoms. The molecule has 1 aromatic heterocycles. The predicted octanol–water partition coefficient (Wildman–Crippen LogP) is 3.56. The van der Waals surface area contributed by atoms with Crippen molar-refractivity contribution in [3.63, 3.8) is 0 Å². The maximum atomic E-state index is 4.83. The highest BCUT2D eigenvalue weighted by Crippen LogP contribution is 2.27. The molecule has 3 heteroatoms. The summed E-state index contributed by atoms with van der Waals surface area (Å²) in [6.07, 6.45) is 11.3. The maximum absolute atomic E-state index is 4.83. The van der Waals surface area contributed by atoms with Gasteiger partial charge >= 0.3 is 0 Å². The van der Waals surface area contributed by atoms with Crippen molar-refractivity contribution in [2.45, 2.75) is 70.9 Å². The quantitative estimate of drug-likeness (QED) is 0.850. The van der Waals surface area contributed by atoms with Crippen molar-refractivity contribution in [1.29, 1.82) is 0 Å². The Balaban J connectivity index is 1.96. The molecule has 19 heavy (non-hydrogen) atoms. The lowest BCUT2D eigenvalue weighted by atomic mass is 9.93. The van der Waals surface area contributed by atoms with Crippen molar-refractivity contribution in [1.82, 2.24) is 15.1 Å². The van der Waals surface area contributed by atoms with Gasteiger partial charge in [0.15, 0.2) is 0 Å². The highest BCUT2D eigenvalue weighted by molar-refractivity contribution is 5.02. The highest BCUT2D eigenvalue weighted by atomic mass is 15.3. The van der Waals surface area contributed by atoms with Gasteiger partial charge in [0.25, 0.3) is 0 Å². The molecule has 3 nitrogen and oxygen atoms in total. The Morgan fingerprint density at radius 1 is 1.37 bits per heavy atom. The SMILES string of the molecule is CCC(Cc1ccn(C2CCCCC2)n1)C(C)NC. The third kappa shape index (κ3) is 3.82. The van der Waals surface area contributed by atoms with Gasteiger partial charge < -0.3 is 5.32 Å². The Morgan fingerprint density at radius 3 is 2.74 bits per heavy atom. The van der Waals surface area contributed by atoms with Crippen LogP contribution in [0.3, 0.4) is 0 Å². The molecule has 1 aromatic rings. The number of rotatable bonds is 6. The third-order valence-corrected chi connectivity index (χ3v) is 4.77. The minimum absolute atomic E-state index is 0.560. The fourth-order valence-corrected chi connectivity index (χ4v) is 3.21. The van der Waals surface area contributed by atoms with Gasteiger partial charge in [0, 0.05) is 12.2 Å². The van der Waals surface area contributed by atoms with Gasteiger partial charge in [-0.1, -0.05) is 32.6 Å². The highest BCUT2D eigenvalue weighted by Gasteiger charge is 2.18. The summed E-state index contributed by atoms with van der Waals surface area (Å²) in [5.41, 5.74) is 1.26. The molecule has 108 valence electrons. The van der Waals surface area contributed by atoms with Gasteiger partial charge in [-0.15, -0.1) is 0 Å². The molecular formula is C16H29N3. The van der Waals surface area contributed by atoms with Crippen molar-refractivity contribution in [2.24, 2.45) is 5.92 Å². The number of nitrogens with one attached hydrogen (secondary N) is 1. The van der Waals surface area contributed by atoms with Crippen LogP contribution >= 0.6 is 0 Å². The van der Waals surface area contributed by atoms with E-state index in [9.17, 15) is 0 Å². The Hall–Kier alpha value is -0.830. The van der Waals surface area contributed by atoms with Crippen LogP contribution in [0.25, 0.3) is 0 Å². The van der Waals surface area contributed by atoms with Crippen molar-refractivity contribution in [3.05, 3.63) is 18.0 Å². The lowest BCUT2D eigenvalue weighted by Crippen LogP contribution is -2.31. The first-order chi connectivity index (χ1) is 9.24. The standard InChI is InChI=1S/C16H29N3/c1-4-14(13(2)17-3)12-15-10-11-19(18-15)16-8-6-5-7-9-16/h10-11,13-14,16-17H,4-9,12H2,1-3H3. The van der Waals surface area contributed by atoms with Gasteiger partial charge in [-0.2, -0.15) is 5.10 Å². The van der Waals surface area contributed by atoms with E-state index in [1.54, 1.807) is 0 Å². The van der Waals surface area contributed by atoms with Crippen LogP contribution in [0.1, 0.15) is 64.1 Å². The van der Waals surface area contributed by atoms with Gasteiger partial charge in [0.05, 0.1) is 11.7 Å². The van der Waals surface area contributed by atoms with Crippen LogP contribution in [0.15, 0.2) is 12.3 Å². The Labute approximate surface area is 117 Å². The van der Waals surface area contributed by atoms with Gasteiger partial charge in [0.1, 0.15) is 0 Å². The lowest BCUT2D eigenvalue weighted by molar-refractivity contribution is 0.324. The molecule has 2 unspecified atom stereocenters. The molecule has 1 fully saturated rings. The van der Waals surface area contributed by atoms with Crippen molar-refractivity contribution >= 4 is 0 Å². The zero-order chi connectivity index (χ0) is 13.7. The summed E-state index contributed by atoms with van der Waals surface area (Å²) < 4.78 is 2.23. The molecule has 1 aliphatic carbocycles. The molecule has 0 radical (unpaired) electrons. The molecule has 2 atom stereocenters. The second-order valence-corrected chi connectivity index (χ2v) is 6.03. The molecule has 2 rings (SSSR count). The summed E-state index contributed by atoms with van der Waals surface area (Å²) in [7, 11) is 2.05. The van der Waals surface area contributed by atoms with E-state index in [2.05, 4.69) is 36.1 Å². The first-order valence-electron chi connectivity index (χ1n) is 7.96. The molecule has 1 saturated carbocycles. The molecule has 0 saturated heterocycles. The molecule has 1 N–H and O–H groups in total. The van der Waals surface area contributed by atoms with E-state index >= 15 is 0 Å². The van der Waals surface area contributed by atoms with Crippen molar-refractivity contribution < 1.29 is 0 Å². The van der Waals surface area contributed by atoms with E-state index in [0.717, 1.165) is 6.42 Å². The maximum Gasteiger partial charge on any atom is 0.0628 e. The molecule has 0 amide bonds. The molecule has 0 aromatic carbocycles. The van der Waals surface area contributed by atoms with E-state index in [-0.39, 0.29) is 0 Å². The Kier molecular flexibility index (Phi) is 5.44. The smallest absolute Gasteiger partial charge is 0.0628 e. The topological polar surface area (TPSA) is 29.9 Å². The zero-order valence-corrected chi connectivity index (χ0v) is 12.7. The summed E-state index contributed by atoms with van der Waals surface area (Å²) >= 11 is 0. The van der Waals surface area contributed by atoms with Gasteiger partial charge in [0.2, 0.25) is 0 Å². The van der Waals surface area contributed by atoms with Crippen molar-refractivity contribution in [2.75, 3.05) is 7.05 Å². The predicted molar refractivity (Wildman–Crippen MR) is 80.4 cm³/mol. The Morgan fingerprint density at radius 2 is 2.11 bits per heavy atom. The molecule has 1 aliphatic rings. The minimum Gasteiger partial charge on any atom is -0.317 e. The third-order valence-electron chi connectivity index (χ3n) is 4.77. The summed E-state index contributed by atoms with van der Waals surface area (Å²) in [6.45, 7) is 4.54. The fourth-order valence-electron chi connectivity index (χ4n) is 3.21. The van der Waals surface area contributed by atoms with Crippen LogP contribution in [0.4, 0.5) is 0 Å². The molecule has 1 heterocycles. The summed E-state index contributed by atoms with van der Waals surface area (Å²) in [5, 5.41) is 8.20. The zero-order valence-electron chi connectivity index (χ0n) is 12.7.